The van der Waals surface area contributed by atoms with Crippen molar-refractivity contribution in [3.05, 3.63) is 35.9 Å². The van der Waals surface area contributed by atoms with Crippen molar-refractivity contribution in [2.75, 3.05) is 6.54 Å². The van der Waals surface area contributed by atoms with E-state index in [2.05, 4.69) is 45.2 Å². The molecule has 0 bridgehead atoms. The van der Waals surface area contributed by atoms with Gasteiger partial charge in [0.1, 0.15) is 11.9 Å². The van der Waals surface area contributed by atoms with E-state index in [0.717, 1.165) is 17.9 Å². The summed E-state index contributed by atoms with van der Waals surface area (Å²) in [6.45, 7) is 11.6. The second kappa shape index (κ2) is 8.00. The van der Waals surface area contributed by atoms with Crippen LogP contribution in [0, 0.1) is 5.92 Å². The van der Waals surface area contributed by atoms with Gasteiger partial charge in [-0.25, -0.2) is 0 Å². The molecule has 1 rings (SSSR count). The van der Waals surface area contributed by atoms with Gasteiger partial charge >= 0.3 is 0 Å². The zero-order valence-corrected chi connectivity index (χ0v) is 12.8. The number of ether oxygens (including phenoxy) is 1. The Kier molecular flexibility index (Phi) is 6.65. The molecule has 1 aromatic carbocycles. The first kappa shape index (κ1) is 15.8. The van der Waals surface area contributed by atoms with Gasteiger partial charge in [0.05, 0.1) is 0 Å². The molecule has 1 unspecified atom stereocenters. The summed E-state index contributed by atoms with van der Waals surface area (Å²) in [4.78, 5) is 0. The number of rotatable bonds is 7. The van der Waals surface area contributed by atoms with Gasteiger partial charge < -0.3 is 10.1 Å². The van der Waals surface area contributed by atoms with Crippen LogP contribution in [-0.2, 0) is 0 Å². The van der Waals surface area contributed by atoms with E-state index in [1.807, 2.05) is 31.2 Å². The van der Waals surface area contributed by atoms with E-state index < -0.39 is 0 Å². The first-order chi connectivity index (χ1) is 9.04. The van der Waals surface area contributed by atoms with Gasteiger partial charge in [0.2, 0.25) is 0 Å². The molecule has 0 aliphatic carbocycles. The summed E-state index contributed by atoms with van der Waals surface area (Å²) in [6, 6.07) is 8.67. The lowest BCUT2D eigenvalue weighted by Crippen LogP contribution is -2.38. The zero-order chi connectivity index (χ0) is 14.3. The van der Waals surface area contributed by atoms with Gasteiger partial charge in [-0.1, -0.05) is 58.0 Å². The molecular weight excluding hydrogens is 234 g/mol. The van der Waals surface area contributed by atoms with E-state index in [-0.39, 0.29) is 6.10 Å². The van der Waals surface area contributed by atoms with Crippen molar-refractivity contribution in [2.24, 2.45) is 5.92 Å². The second-order valence-corrected chi connectivity index (χ2v) is 5.50. The van der Waals surface area contributed by atoms with Crippen LogP contribution in [0.25, 0.3) is 6.08 Å². The highest BCUT2D eigenvalue weighted by atomic mass is 16.5. The van der Waals surface area contributed by atoms with Gasteiger partial charge in [-0.3, -0.25) is 0 Å². The van der Waals surface area contributed by atoms with E-state index in [1.54, 1.807) is 0 Å². The third-order valence-electron chi connectivity index (χ3n) is 3.01. The molecule has 0 heterocycles. The van der Waals surface area contributed by atoms with Crippen molar-refractivity contribution in [1.29, 1.82) is 0 Å². The Morgan fingerprint density at radius 2 is 1.84 bits per heavy atom. The lowest BCUT2D eigenvalue weighted by atomic mass is 10.1. The summed E-state index contributed by atoms with van der Waals surface area (Å²) in [7, 11) is 0. The molecular formula is C17H27NO. The number of benzene rings is 1. The summed E-state index contributed by atoms with van der Waals surface area (Å²) < 4.78 is 6.20. The molecule has 0 fully saturated rings. The van der Waals surface area contributed by atoms with Crippen LogP contribution in [0.4, 0.5) is 0 Å². The molecule has 0 radical (unpaired) electrons. The van der Waals surface area contributed by atoms with Crippen LogP contribution in [0.1, 0.15) is 40.2 Å². The number of para-hydroxylation sites is 1. The minimum absolute atomic E-state index is 0.189. The van der Waals surface area contributed by atoms with Gasteiger partial charge in [-0.15, -0.1) is 0 Å². The van der Waals surface area contributed by atoms with E-state index in [4.69, 9.17) is 4.74 Å². The molecule has 1 atom stereocenters. The molecule has 0 spiro atoms. The molecule has 2 heteroatoms. The molecule has 1 aromatic rings. The highest BCUT2D eigenvalue weighted by Gasteiger charge is 2.16. The van der Waals surface area contributed by atoms with Gasteiger partial charge in [-0.05, 0) is 18.9 Å². The Morgan fingerprint density at radius 3 is 2.42 bits per heavy atom. The van der Waals surface area contributed by atoms with Crippen molar-refractivity contribution >= 4 is 6.08 Å². The third-order valence-corrected chi connectivity index (χ3v) is 3.01. The number of hydrogen-bond donors (Lipinski definition) is 1. The maximum atomic E-state index is 6.20. The molecule has 2 nitrogen and oxygen atoms in total. The second-order valence-electron chi connectivity index (χ2n) is 5.50. The molecule has 0 saturated heterocycles. The van der Waals surface area contributed by atoms with Gasteiger partial charge in [-0.2, -0.15) is 0 Å². The zero-order valence-electron chi connectivity index (χ0n) is 12.8. The summed E-state index contributed by atoms with van der Waals surface area (Å²) in [6.07, 6.45) is 4.32. The van der Waals surface area contributed by atoms with Crippen molar-refractivity contribution in [2.45, 2.75) is 46.8 Å². The molecule has 0 saturated carbocycles. The van der Waals surface area contributed by atoms with E-state index in [9.17, 15) is 0 Å². The number of allylic oxidation sites excluding steroid dienone is 1. The highest BCUT2D eigenvalue weighted by molar-refractivity contribution is 5.56. The fourth-order valence-corrected chi connectivity index (χ4v) is 1.83. The maximum absolute atomic E-state index is 6.20. The maximum Gasteiger partial charge on any atom is 0.127 e. The molecule has 0 aliphatic heterocycles. The molecule has 1 N–H and O–H groups in total. The van der Waals surface area contributed by atoms with Crippen LogP contribution in [0.5, 0.6) is 5.75 Å². The standard InChI is InChI=1S/C17H27NO/c1-6-9-15-10-7-8-11-16(15)19-17(13(2)3)12-18-14(4)5/h6-11,13-14,17-18H,12H2,1-5H3. The minimum Gasteiger partial charge on any atom is -0.488 e. The molecule has 0 aromatic heterocycles. The third kappa shape index (κ3) is 5.48. The van der Waals surface area contributed by atoms with E-state index in [1.165, 1.54) is 0 Å². The average molecular weight is 261 g/mol. The van der Waals surface area contributed by atoms with Gasteiger partial charge in [0.15, 0.2) is 0 Å². The molecule has 106 valence electrons. The summed E-state index contributed by atoms with van der Waals surface area (Å²) >= 11 is 0. The van der Waals surface area contributed by atoms with E-state index >= 15 is 0 Å². The monoisotopic (exact) mass is 261 g/mol. The van der Waals surface area contributed by atoms with Crippen LogP contribution in [0.2, 0.25) is 0 Å². The highest BCUT2D eigenvalue weighted by Crippen LogP contribution is 2.22. The van der Waals surface area contributed by atoms with Crippen LogP contribution >= 0.6 is 0 Å². The fraction of sp³-hybridized carbons (Fsp3) is 0.529. The van der Waals surface area contributed by atoms with Crippen LogP contribution in [-0.4, -0.2) is 18.7 Å². The fourth-order valence-electron chi connectivity index (χ4n) is 1.83. The number of nitrogens with one attached hydrogen (secondary N) is 1. The Labute approximate surface area is 117 Å². The Bertz CT molecular complexity index is 396. The topological polar surface area (TPSA) is 21.3 Å². The predicted molar refractivity (Wildman–Crippen MR) is 83.5 cm³/mol. The molecule has 0 amide bonds. The van der Waals surface area contributed by atoms with Crippen molar-refractivity contribution < 1.29 is 4.74 Å². The summed E-state index contributed by atoms with van der Waals surface area (Å²) in [5, 5.41) is 3.46. The smallest absolute Gasteiger partial charge is 0.127 e. The normalized spacial score (nSPS) is 13.4. The van der Waals surface area contributed by atoms with Crippen LogP contribution in [0.3, 0.4) is 0 Å². The largest absolute Gasteiger partial charge is 0.488 e. The summed E-state index contributed by atoms with van der Waals surface area (Å²) in [5.41, 5.74) is 1.14. The lowest BCUT2D eigenvalue weighted by Gasteiger charge is -2.25. The lowest BCUT2D eigenvalue weighted by molar-refractivity contribution is 0.146. The average Bonchev–Trinajstić information content (AvgIpc) is 2.36. The summed E-state index contributed by atoms with van der Waals surface area (Å²) in [5.74, 6) is 1.44. The van der Waals surface area contributed by atoms with Crippen molar-refractivity contribution in [3.8, 4) is 5.75 Å². The SMILES string of the molecule is CC=Cc1ccccc1OC(CNC(C)C)C(C)C. The number of hydrogen-bond acceptors (Lipinski definition) is 2. The Hall–Kier alpha value is -1.28. The molecule has 19 heavy (non-hydrogen) atoms. The quantitative estimate of drug-likeness (QED) is 0.797. The van der Waals surface area contributed by atoms with Crippen LogP contribution in [0.15, 0.2) is 30.3 Å². The van der Waals surface area contributed by atoms with Crippen LogP contribution < -0.4 is 10.1 Å². The van der Waals surface area contributed by atoms with Crippen molar-refractivity contribution in [3.63, 3.8) is 0 Å². The predicted octanol–water partition coefficient (Wildman–Crippen LogP) is 4.12. The van der Waals surface area contributed by atoms with E-state index in [0.29, 0.717) is 12.0 Å². The Balaban J connectivity index is 2.78. The minimum atomic E-state index is 0.189. The first-order valence-corrected chi connectivity index (χ1v) is 7.16. The van der Waals surface area contributed by atoms with Gasteiger partial charge in [0, 0.05) is 18.2 Å². The first-order valence-electron chi connectivity index (χ1n) is 7.16. The van der Waals surface area contributed by atoms with Crippen molar-refractivity contribution in [1.82, 2.24) is 5.32 Å². The Morgan fingerprint density at radius 1 is 1.16 bits per heavy atom. The van der Waals surface area contributed by atoms with Gasteiger partial charge in [0.25, 0.3) is 0 Å². The molecule has 0 aliphatic rings.